The van der Waals surface area contributed by atoms with Gasteiger partial charge in [-0.1, -0.05) is 0 Å². The molecule has 0 aromatic rings. The Labute approximate surface area is 207 Å². The van der Waals surface area contributed by atoms with Crippen LogP contribution in [0.25, 0.3) is 0 Å². The van der Waals surface area contributed by atoms with Crippen LogP contribution in [0.1, 0.15) is 0 Å². The van der Waals surface area contributed by atoms with Crippen molar-refractivity contribution in [3.8, 4) is 0 Å². The maximum atomic E-state index is 11.5. The monoisotopic (exact) mass is 536 g/mol. The summed E-state index contributed by atoms with van der Waals surface area (Å²) in [5.41, 5.74) is 0. The SMILES string of the molecule is [CH]OC(=O)NCNC(=O)COC(=O)NCNC(=O)OCC(=O)NCNC(=O)OCC(=O)NCNC(=O)O. The molecule has 0 aliphatic rings. The molecule has 0 atom stereocenters. The maximum absolute atomic E-state index is 11.5. The molecule has 37 heavy (non-hydrogen) atoms. The Kier molecular flexibility index (Phi) is 16.4. The molecule has 8 amide bonds. The molecule has 0 heterocycles. The summed E-state index contributed by atoms with van der Waals surface area (Å²) < 4.78 is 17.3. The molecule has 0 saturated heterocycles. The largest absolute Gasteiger partial charge is 0.465 e. The van der Waals surface area contributed by atoms with E-state index in [1.54, 1.807) is 0 Å². The predicted octanol–water partition coefficient (Wildman–Crippen LogP) is -3.99. The van der Waals surface area contributed by atoms with Gasteiger partial charge >= 0.3 is 30.5 Å². The highest BCUT2D eigenvalue weighted by Gasteiger charge is 2.11. The Bertz CT molecular complexity index is 838. The lowest BCUT2D eigenvalue weighted by Gasteiger charge is -2.10. The minimum atomic E-state index is -1.36. The van der Waals surface area contributed by atoms with Crippen LogP contribution in [0.2, 0.25) is 0 Å². The lowest BCUT2D eigenvalue weighted by molar-refractivity contribution is -0.125. The van der Waals surface area contributed by atoms with Crippen LogP contribution in [-0.2, 0) is 33.3 Å². The molecular weight excluding hydrogens is 512 g/mol. The molecular formula is C16H24N8O13. The number of hydrogen-bond acceptors (Lipinski definition) is 12. The summed E-state index contributed by atoms with van der Waals surface area (Å²) >= 11 is 0. The summed E-state index contributed by atoms with van der Waals surface area (Å²) in [5, 5.41) is 24.7. The molecule has 0 aromatic carbocycles. The first-order valence-corrected chi connectivity index (χ1v) is 9.66. The zero-order valence-corrected chi connectivity index (χ0v) is 18.9. The highest BCUT2D eigenvalue weighted by atomic mass is 16.6. The van der Waals surface area contributed by atoms with Crippen LogP contribution in [0.15, 0.2) is 0 Å². The van der Waals surface area contributed by atoms with Gasteiger partial charge in [-0.3, -0.25) is 14.4 Å². The smallest absolute Gasteiger partial charge is 0.409 e. The van der Waals surface area contributed by atoms with E-state index >= 15 is 0 Å². The van der Waals surface area contributed by atoms with E-state index in [1.165, 1.54) is 0 Å². The van der Waals surface area contributed by atoms with Gasteiger partial charge in [0.25, 0.3) is 17.7 Å². The molecule has 0 aliphatic carbocycles. The molecule has 0 aliphatic heterocycles. The quantitative estimate of drug-likeness (QED) is 0.0756. The fourth-order valence-corrected chi connectivity index (χ4v) is 1.58. The van der Waals surface area contributed by atoms with Gasteiger partial charge in [0.2, 0.25) is 0 Å². The predicted molar refractivity (Wildman–Crippen MR) is 112 cm³/mol. The molecule has 0 rings (SSSR count). The molecule has 0 unspecified atom stereocenters. The Balaban J connectivity index is 3.79. The summed E-state index contributed by atoms with van der Waals surface area (Å²) in [6.07, 6.45) is -5.64. The van der Waals surface area contributed by atoms with Crippen molar-refractivity contribution in [3.05, 3.63) is 7.11 Å². The van der Waals surface area contributed by atoms with E-state index in [9.17, 15) is 38.4 Å². The first-order chi connectivity index (χ1) is 17.5. The number of alkyl carbamates (subject to hydrolysis) is 4. The number of hydrogen-bond donors (Lipinski definition) is 9. The molecule has 0 fully saturated rings. The summed E-state index contributed by atoms with van der Waals surface area (Å²) in [5.74, 6) is -2.40. The van der Waals surface area contributed by atoms with Crippen LogP contribution < -0.4 is 42.5 Å². The normalized spacial score (nSPS) is 9.32. The molecule has 206 valence electrons. The molecule has 21 heteroatoms. The van der Waals surface area contributed by atoms with E-state index in [0.717, 1.165) is 0 Å². The van der Waals surface area contributed by atoms with Crippen molar-refractivity contribution in [2.24, 2.45) is 0 Å². The number of carboxylic acid groups (broad SMARTS) is 1. The Hall–Kier alpha value is -5.24. The number of rotatable bonds is 14. The van der Waals surface area contributed by atoms with Gasteiger partial charge in [-0.25, -0.2) is 24.0 Å². The van der Waals surface area contributed by atoms with E-state index < -0.39 is 88.0 Å². The third kappa shape index (κ3) is 19.9. The first kappa shape index (κ1) is 31.8. The molecule has 0 spiro atoms. The topological polar surface area (TPSA) is 290 Å². The van der Waals surface area contributed by atoms with Crippen LogP contribution in [0.4, 0.5) is 24.0 Å². The Morgan fingerprint density at radius 3 is 1.11 bits per heavy atom. The lowest BCUT2D eigenvalue weighted by Crippen LogP contribution is -2.43. The minimum Gasteiger partial charge on any atom is -0.465 e. The number of nitrogens with one attached hydrogen (secondary N) is 8. The standard InChI is InChI=1S/C16H24N8O13/c1-34-13(30)21-6-18-10(26)3-36-15(32)23-8-24-16(33)37-4-11(27)19-7-22-14(31)35-2-9(25)17-5-20-12(28)29/h1,20H,2-8H2,(H,17,25)(H,18,26)(H,19,27)(H,21,30)(H,22,31)(H,23,32)(H,24,33)(H,28,29). The van der Waals surface area contributed by atoms with Crippen molar-refractivity contribution < 1.29 is 62.4 Å². The van der Waals surface area contributed by atoms with Crippen molar-refractivity contribution in [2.75, 3.05) is 46.5 Å². The van der Waals surface area contributed by atoms with Gasteiger partial charge in [0.05, 0.1) is 26.7 Å². The van der Waals surface area contributed by atoms with E-state index in [4.69, 9.17) is 5.11 Å². The van der Waals surface area contributed by atoms with E-state index in [1.807, 2.05) is 21.3 Å². The second-order valence-corrected chi connectivity index (χ2v) is 5.83. The van der Waals surface area contributed by atoms with Crippen LogP contribution in [-0.4, -0.2) is 99.8 Å². The van der Waals surface area contributed by atoms with E-state index in [-0.39, 0.29) is 6.67 Å². The second kappa shape index (κ2) is 19.1. The summed E-state index contributed by atoms with van der Waals surface area (Å²) in [7, 11) is 4.55. The number of carbonyl (C=O) groups is 8. The van der Waals surface area contributed by atoms with E-state index in [0.29, 0.717) is 0 Å². The van der Waals surface area contributed by atoms with Crippen molar-refractivity contribution in [1.29, 1.82) is 0 Å². The lowest BCUT2D eigenvalue weighted by atomic mass is 10.6. The van der Waals surface area contributed by atoms with Crippen LogP contribution in [0, 0.1) is 7.11 Å². The molecule has 0 saturated carbocycles. The van der Waals surface area contributed by atoms with Gasteiger partial charge in [-0.05, 0) is 0 Å². The average molecular weight is 536 g/mol. The second-order valence-electron chi connectivity index (χ2n) is 5.83. The summed E-state index contributed by atoms with van der Waals surface area (Å²) in [6, 6.07) is 0. The number of ether oxygens (including phenoxy) is 4. The van der Waals surface area contributed by atoms with Gasteiger partial charge < -0.3 is 66.6 Å². The first-order valence-electron chi connectivity index (χ1n) is 9.66. The van der Waals surface area contributed by atoms with Crippen molar-refractivity contribution in [1.82, 2.24) is 42.5 Å². The molecule has 21 nitrogen and oxygen atoms in total. The Morgan fingerprint density at radius 2 is 0.784 bits per heavy atom. The van der Waals surface area contributed by atoms with Gasteiger partial charge in [-0.15, -0.1) is 0 Å². The zero-order chi connectivity index (χ0) is 28.1. The number of amides is 8. The van der Waals surface area contributed by atoms with Crippen molar-refractivity contribution in [2.45, 2.75) is 0 Å². The van der Waals surface area contributed by atoms with Gasteiger partial charge in [-0.2, -0.15) is 0 Å². The zero-order valence-electron chi connectivity index (χ0n) is 18.9. The third-order valence-corrected chi connectivity index (χ3v) is 3.14. The highest BCUT2D eigenvalue weighted by Crippen LogP contribution is 1.81. The highest BCUT2D eigenvalue weighted by molar-refractivity contribution is 5.82. The van der Waals surface area contributed by atoms with Gasteiger partial charge in [0.15, 0.2) is 26.9 Å². The third-order valence-electron chi connectivity index (χ3n) is 3.14. The van der Waals surface area contributed by atoms with Gasteiger partial charge in [0, 0.05) is 0 Å². The van der Waals surface area contributed by atoms with Crippen LogP contribution >= 0.6 is 0 Å². The van der Waals surface area contributed by atoms with Crippen molar-refractivity contribution in [3.63, 3.8) is 0 Å². The number of carbonyl (C=O) groups excluding carboxylic acids is 7. The summed E-state index contributed by atoms with van der Waals surface area (Å²) in [6.45, 7) is -3.86. The molecule has 0 bridgehead atoms. The maximum Gasteiger partial charge on any atom is 0.409 e. The molecule has 2 radical (unpaired) electrons. The fourth-order valence-electron chi connectivity index (χ4n) is 1.58. The van der Waals surface area contributed by atoms with Crippen LogP contribution in [0.5, 0.6) is 0 Å². The van der Waals surface area contributed by atoms with Crippen molar-refractivity contribution >= 4 is 48.2 Å². The van der Waals surface area contributed by atoms with Crippen LogP contribution in [0.3, 0.4) is 0 Å². The minimum absolute atomic E-state index is 0.338. The summed E-state index contributed by atoms with van der Waals surface area (Å²) in [4.78, 5) is 89.2. The Morgan fingerprint density at radius 1 is 0.486 bits per heavy atom. The van der Waals surface area contributed by atoms with Gasteiger partial charge in [0.1, 0.15) is 0 Å². The fraction of sp³-hybridized carbons (Fsp3) is 0.438. The average Bonchev–Trinajstić information content (AvgIpc) is 2.84. The molecule has 0 aromatic heterocycles. The molecule has 9 N–H and O–H groups in total. The van der Waals surface area contributed by atoms with E-state index in [2.05, 4.69) is 47.3 Å².